The van der Waals surface area contributed by atoms with Crippen LogP contribution in [-0.2, 0) is 22.6 Å². The van der Waals surface area contributed by atoms with Gasteiger partial charge in [0.2, 0.25) is 11.8 Å². The van der Waals surface area contributed by atoms with Crippen molar-refractivity contribution in [2.75, 3.05) is 14.2 Å². The first-order chi connectivity index (χ1) is 15.3. The van der Waals surface area contributed by atoms with E-state index in [2.05, 4.69) is 5.32 Å². The van der Waals surface area contributed by atoms with Gasteiger partial charge in [-0.1, -0.05) is 31.2 Å². The van der Waals surface area contributed by atoms with Crippen LogP contribution in [0.25, 0.3) is 0 Å². The summed E-state index contributed by atoms with van der Waals surface area (Å²) in [7, 11) is 3.12. The van der Waals surface area contributed by atoms with Gasteiger partial charge in [-0.2, -0.15) is 0 Å². The number of carbonyl (C=O) groups excluding carboxylic acids is 2. The molecule has 174 valence electrons. The SMILES string of the molecule is CC[C@@H](C)NC(=O)[C@H](C)N(Cc1ccccc1F)C(=O)CCc1ccc(OC)c(OC)c1. The largest absolute Gasteiger partial charge is 0.493 e. The van der Waals surface area contributed by atoms with Crippen LogP contribution < -0.4 is 14.8 Å². The molecule has 2 atom stereocenters. The van der Waals surface area contributed by atoms with Crippen LogP contribution in [0.3, 0.4) is 0 Å². The second kappa shape index (κ2) is 12.1. The predicted molar refractivity (Wildman–Crippen MR) is 122 cm³/mol. The molecule has 0 aliphatic carbocycles. The number of rotatable bonds is 11. The fourth-order valence-electron chi connectivity index (χ4n) is 3.29. The van der Waals surface area contributed by atoms with Gasteiger partial charge in [-0.3, -0.25) is 9.59 Å². The number of hydrogen-bond donors (Lipinski definition) is 1. The molecular weight excluding hydrogens is 411 g/mol. The fourth-order valence-corrected chi connectivity index (χ4v) is 3.29. The molecule has 1 N–H and O–H groups in total. The van der Waals surface area contributed by atoms with Crippen molar-refractivity contribution in [2.45, 2.75) is 58.7 Å². The van der Waals surface area contributed by atoms with Crippen LogP contribution in [-0.4, -0.2) is 43.0 Å². The van der Waals surface area contributed by atoms with Gasteiger partial charge in [-0.25, -0.2) is 4.39 Å². The molecule has 0 saturated carbocycles. The lowest BCUT2D eigenvalue weighted by Crippen LogP contribution is -2.49. The third-order valence-corrected chi connectivity index (χ3v) is 5.54. The van der Waals surface area contributed by atoms with Gasteiger partial charge < -0.3 is 19.7 Å². The molecule has 0 saturated heterocycles. The first-order valence-corrected chi connectivity index (χ1v) is 10.8. The van der Waals surface area contributed by atoms with Gasteiger partial charge >= 0.3 is 0 Å². The summed E-state index contributed by atoms with van der Waals surface area (Å²) in [6.07, 6.45) is 1.40. The highest BCUT2D eigenvalue weighted by Crippen LogP contribution is 2.28. The van der Waals surface area contributed by atoms with E-state index in [1.165, 1.54) is 11.0 Å². The Hall–Kier alpha value is -3.09. The van der Waals surface area contributed by atoms with Crippen LogP contribution in [0, 0.1) is 5.82 Å². The van der Waals surface area contributed by atoms with E-state index in [0.717, 1.165) is 12.0 Å². The lowest BCUT2D eigenvalue weighted by Gasteiger charge is -2.30. The molecule has 2 aromatic carbocycles. The number of benzene rings is 2. The summed E-state index contributed by atoms with van der Waals surface area (Å²) in [5, 5.41) is 2.91. The van der Waals surface area contributed by atoms with Crippen molar-refractivity contribution in [1.82, 2.24) is 10.2 Å². The first kappa shape index (κ1) is 25.2. The highest BCUT2D eigenvalue weighted by atomic mass is 19.1. The third-order valence-electron chi connectivity index (χ3n) is 5.54. The molecule has 2 amide bonds. The smallest absolute Gasteiger partial charge is 0.242 e. The number of halogens is 1. The van der Waals surface area contributed by atoms with E-state index >= 15 is 0 Å². The number of nitrogens with one attached hydrogen (secondary N) is 1. The Kier molecular flexibility index (Phi) is 9.50. The van der Waals surface area contributed by atoms with E-state index in [-0.39, 0.29) is 30.8 Å². The zero-order chi connectivity index (χ0) is 23.7. The maximum atomic E-state index is 14.3. The molecular formula is C25H33FN2O4. The van der Waals surface area contributed by atoms with E-state index in [1.807, 2.05) is 26.0 Å². The molecule has 0 aliphatic rings. The summed E-state index contributed by atoms with van der Waals surface area (Å²) in [6, 6.07) is 11.0. The number of carbonyl (C=O) groups is 2. The van der Waals surface area contributed by atoms with Gasteiger partial charge in [0.25, 0.3) is 0 Å². The lowest BCUT2D eigenvalue weighted by atomic mass is 10.1. The van der Waals surface area contributed by atoms with Crippen molar-refractivity contribution in [1.29, 1.82) is 0 Å². The summed E-state index contributed by atoms with van der Waals surface area (Å²) >= 11 is 0. The number of hydrogen-bond acceptors (Lipinski definition) is 4. The summed E-state index contributed by atoms with van der Waals surface area (Å²) in [4.78, 5) is 27.4. The highest BCUT2D eigenvalue weighted by Gasteiger charge is 2.27. The molecule has 0 spiro atoms. The van der Waals surface area contributed by atoms with Crippen LogP contribution >= 0.6 is 0 Å². The maximum absolute atomic E-state index is 14.3. The number of amides is 2. The minimum atomic E-state index is -0.735. The van der Waals surface area contributed by atoms with E-state index in [4.69, 9.17) is 9.47 Å². The molecule has 32 heavy (non-hydrogen) atoms. The lowest BCUT2D eigenvalue weighted by molar-refractivity contribution is -0.140. The number of nitrogens with zero attached hydrogens (tertiary/aromatic N) is 1. The molecule has 0 fully saturated rings. The molecule has 0 heterocycles. The van der Waals surface area contributed by atoms with Gasteiger partial charge in [0.1, 0.15) is 11.9 Å². The molecule has 6 nitrogen and oxygen atoms in total. The van der Waals surface area contributed by atoms with Crippen molar-refractivity contribution < 1.29 is 23.5 Å². The second-order valence-electron chi connectivity index (χ2n) is 7.80. The van der Waals surface area contributed by atoms with Gasteiger partial charge in [0.15, 0.2) is 11.5 Å². The topological polar surface area (TPSA) is 67.9 Å². The van der Waals surface area contributed by atoms with Crippen molar-refractivity contribution in [3.05, 3.63) is 59.4 Å². The monoisotopic (exact) mass is 444 g/mol. The average molecular weight is 445 g/mol. The fraction of sp³-hybridized carbons (Fsp3) is 0.440. The van der Waals surface area contributed by atoms with Crippen LogP contribution in [0.4, 0.5) is 4.39 Å². The van der Waals surface area contributed by atoms with Crippen LogP contribution in [0.1, 0.15) is 44.7 Å². The number of aryl methyl sites for hydroxylation is 1. The highest BCUT2D eigenvalue weighted by molar-refractivity contribution is 5.87. The average Bonchev–Trinajstić information content (AvgIpc) is 2.81. The maximum Gasteiger partial charge on any atom is 0.242 e. The zero-order valence-electron chi connectivity index (χ0n) is 19.5. The molecule has 7 heteroatoms. The minimum Gasteiger partial charge on any atom is -0.493 e. The normalized spacial score (nSPS) is 12.6. The summed E-state index contributed by atoms with van der Waals surface area (Å²) in [5.74, 6) is 0.311. The molecule has 2 aromatic rings. The second-order valence-corrected chi connectivity index (χ2v) is 7.80. The Morgan fingerprint density at radius 2 is 1.75 bits per heavy atom. The minimum absolute atomic E-state index is 0.0119. The van der Waals surface area contributed by atoms with Crippen LogP contribution in [0.5, 0.6) is 11.5 Å². The van der Waals surface area contributed by atoms with Gasteiger partial charge in [-0.15, -0.1) is 0 Å². The number of ether oxygens (including phenoxy) is 2. The molecule has 0 aromatic heterocycles. The van der Waals surface area contributed by atoms with Crippen molar-refractivity contribution >= 4 is 11.8 Å². The number of methoxy groups -OCH3 is 2. The summed E-state index contributed by atoms with van der Waals surface area (Å²) in [5.41, 5.74) is 1.27. The predicted octanol–water partition coefficient (Wildman–Crippen LogP) is 4.11. The van der Waals surface area contributed by atoms with Crippen molar-refractivity contribution in [3.63, 3.8) is 0 Å². The van der Waals surface area contributed by atoms with Gasteiger partial charge in [0.05, 0.1) is 14.2 Å². The molecule has 2 rings (SSSR count). The third kappa shape index (κ3) is 6.70. The summed E-state index contributed by atoms with van der Waals surface area (Å²) in [6.45, 7) is 5.57. The quantitative estimate of drug-likeness (QED) is 0.566. The van der Waals surface area contributed by atoms with Crippen LogP contribution in [0.2, 0.25) is 0 Å². The Morgan fingerprint density at radius 3 is 2.38 bits per heavy atom. The van der Waals surface area contributed by atoms with E-state index in [1.54, 1.807) is 45.4 Å². The zero-order valence-corrected chi connectivity index (χ0v) is 19.5. The summed E-state index contributed by atoms with van der Waals surface area (Å²) < 4.78 is 24.9. The van der Waals surface area contributed by atoms with E-state index < -0.39 is 11.9 Å². The van der Waals surface area contributed by atoms with E-state index in [0.29, 0.717) is 23.5 Å². The van der Waals surface area contributed by atoms with Gasteiger partial charge in [0, 0.05) is 24.6 Å². The molecule has 0 aliphatic heterocycles. The Morgan fingerprint density at radius 1 is 1.06 bits per heavy atom. The van der Waals surface area contributed by atoms with Crippen LogP contribution in [0.15, 0.2) is 42.5 Å². The molecule has 0 bridgehead atoms. The Labute approximate surface area is 189 Å². The molecule has 0 radical (unpaired) electrons. The standard InChI is InChI=1S/C25H33FN2O4/c1-6-17(2)27-25(30)18(3)28(16-20-9-7-8-10-21(20)26)24(29)14-12-19-11-13-22(31-4)23(15-19)32-5/h7-11,13,15,17-18H,6,12,14,16H2,1-5H3,(H,27,30)/t17-,18+/m1/s1. The van der Waals surface area contributed by atoms with Crippen molar-refractivity contribution in [2.24, 2.45) is 0 Å². The molecule has 0 unspecified atom stereocenters. The Balaban J connectivity index is 2.19. The van der Waals surface area contributed by atoms with Gasteiger partial charge in [-0.05, 0) is 50.5 Å². The Bertz CT molecular complexity index is 919. The van der Waals surface area contributed by atoms with E-state index in [9.17, 15) is 14.0 Å². The van der Waals surface area contributed by atoms with Crippen molar-refractivity contribution in [3.8, 4) is 11.5 Å². The first-order valence-electron chi connectivity index (χ1n) is 10.8.